The van der Waals surface area contributed by atoms with Crippen LogP contribution in [0.4, 0.5) is 10.5 Å². The molecule has 182 valence electrons. The van der Waals surface area contributed by atoms with Gasteiger partial charge in [0, 0.05) is 56.7 Å². The second kappa shape index (κ2) is 9.03. The maximum absolute atomic E-state index is 12.9. The summed E-state index contributed by atoms with van der Waals surface area (Å²) in [6.45, 7) is 4.59. The summed E-state index contributed by atoms with van der Waals surface area (Å²) in [5.41, 5.74) is 5.24. The van der Waals surface area contributed by atoms with Crippen LogP contribution in [0.5, 0.6) is 0 Å². The van der Waals surface area contributed by atoms with Crippen LogP contribution in [0.15, 0.2) is 79.4 Å². The Kier molecular flexibility index (Phi) is 5.56. The van der Waals surface area contributed by atoms with Crippen molar-refractivity contribution >= 4 is 28.1 Å². The van der Waals surface area contributed by atoms with Crippen molar-refractivity contribution in [3.63, 3.8) is 0 Å². The van der Waals surface area contributed by atoms with E-state index < -0.39 is 0 Å². The summed E-state index contributed by atoms with van der Waals surface area (Å²) < 4.78 is 9.52. The Labute approximate surface area is 209 Å². The average Bonchev–Trinajstić information content (AvgIpc) is 3.54. The van der Waals surface area contributed by atoms with E-state index in [1.54, 1.807) is 9.58 Å². The van der Waals surface area contributed by atoms with Gasteiger partial charge in [0.25, 0.3) is 0 Å². The molecule has 6 rings (SSSR count). The topological polar surface area (TPSA) is 67.9 Å². The van der Waals surface area contributed by atoms with E-state index in [0.29, 0.717) is 13.1 Å². The van der Waals surface area contributed by atoms with Crippen LogP contribution < -0.4 is 4.90 Å². The number of amides is 1. The molecule has 1 saturated heterocycles. The van der Waals surface area contributed by atoms with Gasteiger partial charge in [-0.2, -0.15) is 10.2 Å². The molecule has 0 radical (unpaired) electrons. The monoisotopic (exact) mass is 480 g/mol. The van der Waals surface area contributed by atoms with Crippen LogP contribution in [0.2, 0.25) is 0 Å². The molecule has 1 amide bonds. The molecule has 1 fully saturated rings. The van der Waals surface area contributed by atoms with Gasteiger partial charge in [0.1, 0.15) is 6.10 Å². The number of aromatic nitrogens is 4. The zero-order chi connectivity index (χ0) is 24.6. The number of hydrogen-bond donors (Lipinski definition) is 0. The lowest BCUT2D eigenvalue weighted by Gasteiger charge is -2.35. The highest BCUT2D eigenvalue weighted by atomic mass is 16.6. The number of pyridine rings is 1. The molecule has 4 heterocycles. The molecule has 0 spiro atoms. The first-order valence-electron chi connectivity index (χ1n) is 12.2. The minimum atomic E-state index is -0.311. The van der Waals surface area contributed by atoms with Gasteiger partial charge >= 0.3 is 6.09 Å². The highest BCUT2D eigenvalue weighted by Gasteiger charge is 2.25. The fourth-order valence-corrected chi connectivity index (χ4v) is 4.84. The number of anilines is 1. The maximum atomic E-state index is 12.9. The van der Waals surface area contributed by atoms with Gasteiger partial charge in [-0.05, 0) is 35.4 Å². The largest absolute Gasteiger partial charge is 0.442 e. The van der Waals surface area contributed by atoms with Gasteiger partial charge in [-0.15, -0.1) is 0 Å². The minimum absolute atomic E-state index is 0.267. The van der Waals surface area contributed by atoms with Crippen LogP contribution >= 0.6 is 0 Å². The van der Waals surface area contributed by atoms with Crippen LogP contribution in [0.3, 0.4) is 0 Å². The van der Waals surface area contributed by atoms with Gasteiger partial charge in [-0.3, -0.25) is 4.68 Å². The van der Waals surface area contributed by atoms with Crippen molar-refractivity contribution in [1.29, 1.82) is 0 Å². The van der Waals surface area contributed by atoms with Crippen molar-refractivity contribution in [3.05, 3.63) is 84.9 Å². The normalized spacial score (nSPS) is 14.9. The Morgan fingerprint density at radius 2 is 1.69 bits per heavy atom. The van der Waals surface area contributed by atoms with Crippen molar-refractivity contribution in [2.24, 2.45) is 7.05 Å². The predicted molar refractivity (Wildman–Crippen MR) is 140 cm³/mol. The zero-order valence-corrected chi connectivity index (χ0v) is 20.4. The summed E-state index contributed by atoms with van der Waals surface area (Å²) in [5.74, 6) is 0. The number of carbonyl (C=O) groups excluding carboxylic acids is 1. The van der Waals surface area contributed by atoms with Gasteiger partial charge in [-0.25, -0.2) is 9.31 Å². The van der Waals surface area contributed by atoms with Gasteiger partial charge in [0.15, 0.2) is 0 Å². The molecule has 1 aliphatic rings. The summed E-state index contributed by atoms with van der Waals surface area (Å²) in [7, 11) is 1.91. The molecule has 0 bridgehead atoms. The Hall–Kier alpha value is -4.33. The van der Waals surface area contributed by atoms with E-state index in [1.807, 2.05) is 61.5 Å². The number of fused-ring (bicyclic) bond motifs is 2. The molecule has 1 aliphatic heterocycles. The fourth-order valence-electron chi connectivity index (χ4n) is 4.84. The molecule has 0 N–H and O–H groups in total. The van der Waals surface area contributed by atoms with Crippen LogP contribution in [-0.2, 0) is 11.8 Å². The number of piperazine rings is 1. The van der Waals surface area contributed by atoms with Crippen LogP contribution in [0, 0.1) is 0 Å². The molecule has 0 aliphatic carbocycles. The molecule has 0 saturated carbocycles. The van der Waals surface area contributed by atoms with E-state index in [2.05, 4.69) is 51.5 Å². The van der Waals surface area contributed by atoms with E-state index in [9.17, 15) is 4.79 Å². The highest BCUT2D eigenvalue weighted by molar-refractivity contribution is 5.83. The highest BCUT2D eigenvalue weighted by Crippen LogP contribution is 2.27. The fraction of sp³-hybridized carbons (Fsp3) is 0.250. The summed E-state index contributed by atoms with van der Waals surface area (Å²) >= 11 is 0. The summed E-state index contributed by atoms with van der Waals surface area (Å²) in [6.07, 6.45) is 7.19. The van der Waals surface area contributed by atoms with Crippen LogP contribution in [-0.4, -0.2) is 56.6 Å². The molecular weight excluding hydrogens is 452 g/mol. The Morgan fingerprint density at radius 3 is 2.47 bits per heavy atom. The third-order valence-corrected chi connectivity index (χ3v) is 6.93. The van der Waals surface area contributed by atoms with Crippen molar-refractivity contribution in [1.82, 2.24) is 24.3 Å². The number of nitrogens with zero attached hydrogens (tertiary/aromatic N) is 6. The zero-order valence-electron chi connectivity index (χ0n) is 20.4. The summed E-state index contributed by atoms with van der Waals surface area (Å²) in [4.78, 5) is 17.0. The van der Waals surface area contributed by atoms with Crippen molar-refractivity contribution in [2.45, 2.75) is 13.0 Å². The van der Waals surface area contributed by atoms with E-state index in [1.165, 1.54) is 5.39 Å². The van der Waals surface area contributed by atoms with E-state index in [-0.39, 0.29) is 12.2 Å². The molecule has 36 heavy (non-hydrogen) atoms. The molecule has 3 aromatic heterocycles. The SMILES string of the molecule is C[C@@H](OC(=O)N1CCN(c2cnn3cc(-c4cnn(C)c4)ccc23)CC1)c1ccc2ccccc2c1. The van der Waals surface area contributed by atoms with Gasteiger partial charge < -0.3 is 14.5 Å². The lowest BCUT2D eigenvalue weighted by atomic mass is 10.0. The third kappa shape index (κ3) is 4.15. The lowest BCUT2D eigenvalue weighted by molar-refractivity contribution is 0.0681. The summed E-state index contributed by atoms with van der Waals surface area (Å²) in [6, 6.07) is 18.6. The van der Waals surface area contributed by atoms with E-state index >= 15 is 0 Å². The number of aryl methyl sites for hydroxylation is 1. The average molecular weight is 481 g/mol. The summed E-state index contributed by atoms with van der Waals surface area (Å²) in [5, 5.41) is 11.2. The molecule has 8 heteroatoms. The number of rotatable bonds is 4. The number of carbonyl (C=O) groups is 1. The number of ether oxygens (including phenoxy) is 1. The molecule has 0 unspecified atom stereocenters. The quantitative estimate of drug-likeness (QED) is 0.366. The second-order valence-corrected chi connectivity index (χ2v) is 9.29. The van der Waals surface area contributed by atoms with Gasteiger partial charge in [-0.1, -0.05) is 42.5 Å². The van der Waals surface area contributed by atoms with E-state index in [4.69, 9.17) is 4.74 Å². The van der Waals surface area contributed by atoms with E-state index in [0.717, 1.165) is 46.4 Å². The first-order chi connectivity index (χ1) is 17.5. The van der Waals surface area contributed by atoms with Crippen molar-refractivity contribution < 1.29 is 9.53 Å². The molecule has 1 atom stereocenters. The third-order valence-electron chi connectivity index (χ3n) is 6.93. The van der Waals surface area contributed by atoms with Crippen LogP contribution in [0.1, 0.15) is 18.6 Å². The van der Waals surface area contributed by atoms with Gasteiger partial charge in [0.05, 0.1) is 23.6 Å². The Balaban J connectivity index is 1.10. The maximum Gasteiger partial charge on any atom is 0.410 e. The predicted octanol–water partition coefficient (Wildman–Crippen LogP) is 4.91. The smallest absolute Gasteiger partial charge is 0.410 e. The van der Waals surface area contributed by atoms with Crippen molar-refractivity contribution in [3.8, 4) is 11.1 Å². The first kappa shape index (κ1) is 22.2. The number of hydrogen-bond acceptors (Lipinski definition) is 5. The second-order valence-electron chi connectivity index (χ2n) is 9.29. The van der Waals surface area contributed by atoms with Gasteiger partial charge in [0.2, 0.25) is 0 Å². The Bertz CT molecular complexity index is 1550. The van der Waals surface area contributed by atoms with Crippen LogP contribution in [0.25, 0.3) is 27.4 Å². The molecule has 2 aromatic carbocycles. The molecular formula is C28H28N6O2. The minimum Gasteiger partial charge on any atom is -0.442 e. The Morgan fingerprint density at radius 1 is 0.889 bits per heavy atom. The molecule has 8 nitrogen and oxygen atoms in total. The van der Waals surface area contributed by atoms with Crippen molar-refractivity contribution in [2.75, 3.05) is 31.1 Å². The number of benzene rings is 2. The standard InChI is InChI=1S/C28H28N6O2/c1-20(22-8-7-21-5-3-4-6-23(21)15-22)36-28(35)33-13-11-32(12-14-33)27-17-30-34-19-24(9-10-26(27)34)25-16-29-31(2)18-25/h3-10,15-20H,11-14H2,1-2H3/t20-/m1/s1. The molecule has 5 aromatic rings. The lowest BCUT2D eigenvalue weighted by Crippen LogP contribution is -2.49. The first-order valence-corrected chi connectivity index (χ1v) is 12.2.